The van der Waals surface area contributed by atoms with E-state index in [9.17, 15) is 5.11 Å². The van der Waals surface area contributed by atoms with Crippen LogP contribution in [0.1, 0.15) is 22.3 Å². The fourth-order valence-electron chi connectivity index (χ4n) is 3.42. The van der Waals surface area contributed by atoms with Crippen LogP contribution in [0, 0.1) is 6.92 Å². The molecule has 0 saturated carbocycles. The molecular formula is C18H23N5O2S. The average molecular weight is 373 g/mol. The Hall–Kier alpha value is -2.16. The quantitative estimate of drug-likeness (QED) is 0.756. The fraction of sp³-hybridized carbons (Fsp3) is 0.444. The maximum Gasteiger partial charge on any atom is 0.230 e. The average Bonchev–Trinajstić information content (AvgIpc) is 3.15. The molecular weight excluding hydrogens is 350 g/mol. The van der Waals surface area contributed by atoms with Gasteiger partial charge in [-0.3, -0.25) is 4.90 Å². The molecule has 0 aliphatic carbocycles. The predicted molar refractivity (Wildman–Crippen MR) is 101 cm³/mol. The second-order valence-corrected chi connectivity index (χ2v) is 7.67. The molecule has 3 aromatic rings. The van der Waals surface area contributed by atoms with Crippen molar-refractivity contribution in [3.8, 4) is 11.6 Å². The van der Waals surface area contributed by atoms with Crippen molar-refractivity contribution in [3.05, 3.63) is 40.5 Å². The Bertz CT molecular complexity index is 896. The van der Waals surface area contributed by atoms with Gasteiger partial charge in [0.15, 0.2) is 0 Å². The number of fused-ring (bicyclic) bond motifs is 1. The molecule has 0 radical (unpaired) electrons. The Labute approximate surface area is 156 Å². The number of aromatic hydroxyl groups is 1. The van der Waals surface area contributed by atoms with Gasteiger partial charge in [0.05, 0.1) is 18.0 Å². The largest absolute Gasteiger partial charge is 0.497 e. The van der Waals surface area contributed by atoms with Gasteiger partial charge in [0.2, 0.25) is 10.8 Å². The number of piperazine rings is 1. The van der Waals surface area contributed by atoms with Gasteiger partial charge in [0.25, 0.3) is 0 Å². The number of thiazole rings is 1. The van der Waals surface area contributed by atoms with E-state index in [-0.39, 0.29) is 11.9 Å². The van der Waals surface area contributed by atoms with E-state index in [2.05, 4.69) is 39.1 Å². The minimum atomic E-state index is -0.0246. The van der Waals surface area contributed by atoms with Crippen molar-refractivity contribution in [1.82, 2.24) is 24.4 Å². The van der Waals surface area contributed by atoms with Gasteiger partial charge in [-0.25, -0.2) is 4.98 Å². The molecule has 2 aromatic heterocycles. The van der Waals surface area contributed by atoms with Crippen LogP contribution in [0.25, 0.3) is 4.96 Å². The predicted octanol–water partition coefficient (Wildman–Crippen LogP) is 2.15. The molecule has 138 valence electrons. The van der Waals surface area contributed by atoms with Crippen LogP contribution in [0.2, 0.25) is 0 Å². The Morgan fingerprint density at radius 2 is 1.85 bits per heavy atom. The highest BCUT2D eigenvalue weighted by atomic mass is 32.1. The van der Waals surface area contributed by atoms with Crippen LogP contribution in [0.15, 0.2) is 24.3 Å². The third-order valence-electron chi connectivity index (χ3n) is 4.89. The van der Waals surface area contributed by atoms with E-state index in [1.54, 1.807) is 11.6 Å². The van der Waals surface area contributed by atoms with Gasteiger partial charge in [-0.05, 0) is 31.7 Å². The highest BCUT2D eigenvalue weighted by molar-refractivity contribution is 7.17. The van der Waals surface area contributed by atoms with Crippen LogP contribution in [-0.4, -0.2) is 69.8 Å². The number of nitrogens with zero attached hydrogens (tertiary/aromatic N) is 5. The van der Waals surface area contributed by atoms with Crippen LogP contribution < -0.4 is 4.74 Å². The molecule has 7 nitrogen and oxygen atoms in total. The summed E-state index contributed by atoms with van der Waals surface area (Å²) in [5, 5.41) is 15.1. The van der Waals surface area contributed by atoms with E-state index >= 15 is 0 Å². The van der Waals surface area contributed by atoms with Crippen LogP contribution in [0.4, 0.5) is 0 Å². The summed E-state index contributed by atoms with van der Waals surface area (Å²) in [6.07, 6.45) is 0. The van der Waals surface area contributed by atoms with Crippen LogP contribution in [0.5, 0.6) is 11.6 Å². The van der Waals surface area contributed by atoms with E-state index in [0.29, 0.717) is 5.82 Å². The number of likely N-dealkylation sites (N-methyl/N-ethyl adjacent to an activating group) is 1. The topological polar surface area (TPSA) is 66.1 Å². The number of benzene rings is 1. The van der Waals surface area contributed by atoms with Crippen molar-refractivity contribution in [2.45, 2.75) is 13.0 Å². The maximum absolute atomic E-state index is 10.8. The third kappa shape index (κ3) is 3.04. The Balaban J connectivity index is 1.77. The summed E-state index contributed by atoms with van der Waals surface area (Å²) < 4.78 is 6.84. The molecule has 3 heterocycles. The van der Waals surface area contributed by atoms with E-state index in [4.69, 9.17) is 4.74 Å². The Morgan fingerprint density at radius 1 is 1.15 bits per heavy atom. The van der Waals surface area contributed by atoms with Gasteiger partial charge in [0.1, 0.15) is 11.6 Å². The molecule has 0 spiro atoms. The number of hydrogen-bond acceptors (Lipinski definition) is 7. The van der Waals surface area contributed by atoms with Crippen molar-refractivity contribution in [2.24, 2.45) is 0 Å². The molecule has 1 saturated heterocycles. The molecule has 0 bridgehead atoms. The lowest BCUT2D eigenvalue weighted by molar-refractivity contribution is 0.127. The van der Waals surface area contributed by atoms with E-state index < -0.39 is 0 Å². The van der Waals surface area contributed by atoms with E-state index in [0.717, 1.165) is 47.3 Å². The van der Waals surface area contributed by atoms with Crippen molar-refractivity contribution < 1.29 is 9.84 Å². The molecule has 0 unspecified atom stereocenters. The molecule has 1 atom stereocenters. The van der Waals surface area contributed by atoms with Gasteiger partial charge >= 0.3 is 0 Å². The van der Waals surface area contributed by atoms with Gasteiger partial charge < -0.3 is 14.7 Å². The zero-order chi connectivity index (χ0) is 18.3. The first kappa shape index (κ1) is 17.3. The molecule has 8 heteroatoms. The zero-order valence-electron chi connectivity index (χ0n) is 15.2. The molecule has 1 fully saturated rings. The molecule has 4 rings (SSSR count). The van der Waals surface area contributed by atoms with E-state index in [1.165, 1.54) is 11.3 Å². The standard InChI is InChI=1S/C18H23N5O2S/c1-12-19-18-23(20-12)17(24)16(26-18)15(22-10-8-21(2)9-11-22)13-4-6-14(25-3)7-5-13/h4-7,15,24H,8-11H2,1-3H3/t15-/m0/s1. The zero-order valence-corrected chi connectivity index (χ0v) is 16.0. The molecule has 1 aromatic carbocycles. The van der Waals surface area contributed by atoms with E-state index in [1.807, 2.05) is 19.1 Å². The summed E-state index contributed by atoms with van der Waals surface area (Å²) in [5.74, 6) is 1.68. The third-order valence-corrected chi connectivity index (χ3v) is 5.96. The molecule has 1 N–H and O–H groups in total. The minimum Gasteiger partial charge on any atom is -0.497 e. The number of ether oxygens (including phenoxy) is 1. The summed E-state index contributed by atoms with van der Waals surface area (Å²) in [5.41, 5.74) is 1.13. The molecule has 1 aliphatic rings. The number of rotatable bonds is 4. The number of aromatic nitrogens is 3. The first-order valence-electron chi connectivity index (χ1n) is 8.68. The Morgan fingerprint density at radius 3 is 2.46 bits per heavy atom. The van der Waals surface area contributed by atoms with Gasteiger partial charge in [0, 0.05) is 26.2 Å². The lowest BCUT2D eigenvalue weighted by Crippen LogP contribution is -2.46. The molecule has 0 amide bonds. The van der Waals surface area contributed by atoms with Gasteiger partial charge in [-0.2, -0.15) is 4.52 Å². The van der Waals surface area contributed by atoms with Crippen LogP contribution in [-0.2, 0) is 0 Å². The van der Waals surface area contributed by atoms with Crippen molar-refractivity contribution >= 4 is 16.3 Å². The normalized spacial score (nSPS) is 17.7. The van der Waals surface area contributed by atoms with Crippen molar-refractivity contribution in [1.29, 1.82) is 0 Å². The number of hydrogen-bond donors (Lipinski definition) is 1. The smallest absolute Gasteiger partial charge is 0.230 e. The van der Waals surface area contributed by atoms with Crippen molar-refractivity contribution in [3.63, 3.8) is 0 Å². The summed E-state index contributed by atoms with van der Waals surface area (Å²) in [4.78, 5) is 10.8. The van der Waals surface area contributed by atoms with Crippen LogP contribution in [0.3, 0.4) is 0 Å². The van der Waals surface area contributed by atoms with Crippen molar-refractivity contribution in [2.75, 3.05) is 40.3 Å². The minimum absolute atomic E-state index is 0.0246. The SMILES string of the molecule is COc1ccc([C@@H](c2sc3nc(C)nn3c2O)N2CCN(C)CC2)cc1. The summed E-state index contributed by atoms with van der Waals surface area (Å²) in [7, 11) is 3.81. The lowest BCUT2D eigenvalue weighted by Gasteiger charge is -2.37. The maximum atomic E-state index is 10.8. The second kappa shape index (κ2) is 6.86. The monoisotopic (exact) mass is 373 g/mol. The second-order valence-electron chi connectivity index (χ2n) is 6.66. The number of methoxy groups -OCH3 is 1. The highest BCUT2D eigenvalue weighted by Crippen LogP contribution is 2.40. The van der Waals surface area contributed by atoms with Gasteiger partial charge in [-0.1, -0.05) is 23.5 Å². The van der Waals surface area contributed by atoms with Gasteiger partial charge in [-0.15, -0.1) is 5.10 Å². The first-order valence-corrected chi connectivity index (χ1v) is 9.50. The molecule has 1 aliphatic heterocycles. The lowest BCUT2D eigenvalue weighted by atomic mass is 10.0. The summed E-state index contributed by atoms with van der Waals surface area (Å²) >= 11 is 1.50. The Kier molecular flexibility index (Phi) is 4.56. The van der Waals surface area contributed by atoms with Crippen LogP contribution >= 0.6 is 11.3 Å². The number of aryl methyl sites for hydroxylation is 1. The first-order chi connectivity index (χ1) is 12.6. The molecule has 26 heavy (non-hydrogen) atoms. The highest BCUT2D eigenvalue weighted by Gasteiger charge is 2.31. The summed E-state index contributed by atoms with van der Waals surface area (Å²) in [6.45, 7) is 5.74. The summed E-state index contributed by atoms with van der Waals surface area (Å²) in [6, 6.07) is 8.06. The fourth-order valence-corrected chi connectivity index (χ4v) is 4.58.